The van der Waals surface area contributed by atoms with E-state index in [1.54, 1.807) is 0 Å². The fourth-order valence-electron chi connectivity index (χ4n) is 4.58. The summed E-state index contributed by atoms with van der Waals surface area (Å²) in [6.07, 6.45) is 3.77. The number of carbonyl (C=O) groups is 1. The van der Waals surface area contributed by atoms with Gasteiger partial charge in [0.2, 0.25) is 11.9 Å². The van der Waals surface area contributed by atoms with E-state index in [2.05, 4.69) is 44.4 Å². The highest BCUT2D eigenvalue weighted by molar-refractivity contribution is 5.79. The Morgan fingerprint density at radius 2 is 1.85 bits per heavy atom. The number of carbonyl (C=O) groups excluding carboxylic acids is 1. The molecule has 178 valence electrons. The summed E-state index contributed by atoms with van der Waals surface area (Å²) in [5.41, 5.74) is 3.19. The van der Waals surface area contributed by atoms with Gasteiger partial charge in [-0.15, -0.1) is 0 Å². The lowest BCUT2D eigenvalue weighted by Crippen LogP contribution is -2.45. The highest BCUT2D eigenvalue weighted by Gasteiger charge is 2.29. The highest BCUT2D eigenvalue weighted by Crippen LogP contribution is 2.26. The number of piperidine rings is 1. The molecule has 0 spiro atoms. The van der Waals surface area contributed by atoms with Crippen molar-refractivity contribution >= 4 is 29.0 Å². The number of hydrogen-bond donors (Lipinski definition) is 1. The molecule has 1 unspecified atom stereocenters. The summed E-state index contributed by atoms with van der Waals surface area (Å²) in [7, 11) is 0. The van der Waals surface area contributed by atoms with Crippen LogP contribution < -0.4 is 15.1 Å². The van der Waals surface area contributed by atoms with Gasteiger partial charge in [-0.25, -0.2) is 4.98 Å². The van der Waals surface area contributed by atoms with E-state index in [0.29, 0.717) is 12.5 Å². The Bertz CT molecular complexity index is 925. The van der Waals surface area contributed by atoms with Crippen LogP contribution >= 0.6 is 0 Å². The number of ether oxygens (including phenoxy) is 1. The van der Waals surface area contributed by atoms with Gasteiger partial charge in [-0.1, -0.05) is 0 Å². The van der Waals surface area contributed by atoms with Crippen LogP contribution in [0.2, 0.25) is 0 Å². The van der Waals surface area contributed by atoms with Gasteiger partial charge in [-0.3, -0.25) is 4.79 Å². The van der Waals surface area contributed by atoms with Gasteiger partial charge in [-0.2, -0.15) is 4.98 Å². The lowest BCUT2D eigenvalue weighted by molar-refractivity contribution is -0.135. The topological polar surface area (TPSA) is 73.8 Å². The fraction of sp³-hybridized carbons (Fsp3) is 0.560. The van der Waals surface area contributed by atoms with E-state index >= 15 is 0 Å². The second-order valence-corrected chi connectivity index (χ2v) is 8.77. The van der Waals surface area contributed by atoms with Crippen molar-refractivity contribution in [3.63, 3.8) is 0 Å². The van der Waals surface area contributed by atoms with Crippen molar-refractivity contribution in [2.24, 2.45) is 5.92 Å². The fourth-order valence-corrected chi connectivity index (χ4v) is 4.58. The minimum absolute atomic E-state index is 0.00712. The molecule has 2 aliphatic rings. The van der Waals surface area contributed by atoms with Crippen molar-refractivity contribution in [2.75, 3.05) is 67.6 Å². The number of benzene rings is 1. The molecule has 2 fully saturated rings. The van der Waals surface area contributed by atoms with Gasteiger partial charge < -0.3 is 24.8 Å². The quantitative estimate of drug-likeness (QED) is 0.690. The zero-order valence-corrected chi connectivity index (χ0v) is 20.1. The molecule has 1 N–H and O–H groups in total. The summed E-state index contributed by atoms with van der Waals surface area (Å²) in [5, 5.41) is 3.46. The zero-order valence-electron chi connectivity index (χ0n) is 20.1. The number of rotatable bonds is 7. The van der Waals surface area contributed by atoms with Crippen molar-refractivity contribution in [2.45, 2.75) is 33.6 Å². The van der Waals surface area contributed by atoms with Crippen LogP contribution in [0.4, 0.5) is 23.1 Å². The minimum Gasteiger partial charge on any atom is -0.378 e. The molecule has 1 aromatic heterocycles. The molecular formula is C25H36N6O2. The first-order chi connectivity index (χ1) is 16.1. The predicted octanol–water partition coefficient (Wildman–Crippen LogP) is 3.45. The van der Waals surface area contributed by atoms with Crippen molar-refractivity contribution in [1.82, 2.24) is 14.9 Å². The Hall–Kier alpha value is -2.87. The van der Waals surface area contributed by atoms with Crippen molar-refractivity contribution in [1.29, 1.82) is 0 Å². The first-order valence-corrected chi connectivity index (χ1v) is 12.2. The molecule has 33 heavy (non-hydrogen) atoms. The molecule has 0 aliphatic carbocycles. The maximum absolute atomic E-state index is 12.9. The number of amides is 1. The molecule has 2 aromatic rings. The second kappa shape index (κ2) is 10.8. The van der Waals surface area contributed by atoms with Crippen LogP contribution in [-0.4, -0.2) is 73.3 Å². The maximum Gasteiger partial charge on any atom is 0.227 e. The molecule has 4 rings (SSSR count). The number of anilines is 4. The zero-order chi connectivity index (χ0) is 23.2. The third kappa shape index (κ3) is 5.55. The lowest BCUT2D eigenvalue weighted by Gasteiger charge is -2.34. The molecule has 2 aliphatic heterocycles. The average molecular weight is 453 g/mol. The average Bonchev–Trinajstić information content (AvgIpc) is 2.87. The third-order valence-electron chi connectivity index (χ3n) is 6.59. The van der Waals surface area contributed by atoms with E-state index in [-0.39, 0.29) is 11.8 Å². The smallest absolute Gasteiger partial charge is 0.227 e. The molecule has 8 heteroatoms. The predicted molar refractivity (Wildman–Crippen MR) is 132 cm³/mol. The first-order valence-electron chi connectivity index (χ1n) is 12.2. The number of hydrogen-bond acceptors (Lipinski definition) is 7. The van der Waals surface area contributed by atoms with Crippen molar-refractivity contribution < 1.29 is 9.53 Å². The number of nitrogens with one attached hydrogen (secondary N) is 1. The first kappa shape index (κ1) is 23.3. The molecule has 1 amide bonds. The summed E-state index contributed by atoms with van der Waals surface area (Å²) in [4.78, 5) is 28.7. The Morgan fingerprint density at radius 3 is 2.55 bits per heavy atom. The third-order valence-corrected chi connectivity index (χ3v) is 6.59. The largest absolute Gasteiger partial charge is 0.378 e. The van der Waals surface area contributed by atoms with E-state index in [0.717, 1.165) is 75.8 Å². The van der Waals surface area contributed by atoms with E-state index in [4.69, 9.17) is 9.72 Å². The molecular weight excluding hydrogens is 416 g/mol. The Morgan fingerprint density at radius 1 is 1.12 bits per heavy atom. The van der Waals surface area contributed by atoms with Gasteiger partial charge >= 0.3 is 0 Å². The van der Waals surface area contributed by atoms with Crippen molar-refractivity contribution in [3.05, 3.63) is 36.0 Å². The molecule has 2 saturated heterocycles. The molecule has 1 aromatic carbocycles. The van der Waals surface area contributed by atoms with E-state index in [9.17, 15) is 4.79 Å². The van der Waals surface area contributed by atoms with Crippen molar-refractivity contribution in [3.8, 4) is 0 Å². The second-order valence-electron chi connectivity index (χ2n) is 8.77. The van der Waals surface area contributed by atoms with Crippen LogP contribution in [0.1, 0.15) is 32.3 Å². The van der Waals surface area contributed by atoms with Gasteiger partial charge in [0.05, 0.1) is 19.1 Å². The van der Waals surface area contributed by atoms with Crippen LogP contribution in [0.5, 0.6) is 0 Å². The van der Waals surface area contributed by atoms with Gasteiger partial charge in [-0.05, 0) is 57.9 Å². The van der Waals surface area contributed by atoms with Crippen LogP contribution in [0.25, 0.3) is 0 Å². The minimum atomic E-state index is 0.00712. The van der Waals surface area contributed by atoms with Gasteiger partial charge in [0, 0.05) is 62.4 Å². The number of aryl methyl sites for hydroxylation is 1. The van der Waals surface area contributed by atoms with Crippen LogP contribution in [0.3, 0.4) is 0 Å². The van der Waals surface area contributed by atoms with Gasteiger partial charge in [0.1, 0.15) is 5.82 Å². The van der Waals surface area contributed by atoms with E-state index in [1.165, 1.54) is 5.69 Å². The lowest BCUT2D eigenvalue weighted by atomic mass is 9.96. The summed E-state index contributed by atoms with van der Waals surface area (Å²) in [6.45, 7) is 12.6. The molecule has 0 bridgehead atoms. The van der Waals surface area contributed by atoms with E-state index in [1.807, 2.05) is 31.9 Å². The number of nitrogens with zero attached hydrogens (tertiary/aromatic N) is 5. The number of aromatic nitrogens is 2. The monoisotopic (exact) mass is 452 g/mol. The maximum atomic E-state index is 12.9. The highest BCUT2D eigenvalue weighted by atomic mass is 16.5. The van der Waals surface area contributed by atoms with E-state index < -0.39 is 0 Å². The summed E-state index contributed by atoms with van der Waals surface area (Å²) in [5.74, 6) is 1.74. The van der Waals surface area contributed by atoms with Gasteiger partial charge in [0.15, 0.2) is 0 Å². The summed E-state index contributed by atoms with van der Waals surface area (Å²) >= 11 is 0. The van der Waals surface area contributed by atoms with Gasteiger partial charge in [0.25, 0.3) is 0 Å². The summed E-state index contributed by atoms with van der Waals surface area (Å²) in [6, 6.07) is 8.45. The molecule has 0 saturated carbocycles. The molecule has 0 radical (unpaired) electrons. The number of morpholine rings is 1. The standard InChI is InChI=1S/C25H36N6O2/c1-4-29(5-2)24(32)20-7-6-12-31(18-20)25-26-17-19(3)23(28-25)27-21-8-10-22(11-9-21)30-13-15-33-16-14-30/h8-11,17,20H,4-7,12-16,18H2,1-3H3,(H,26,27,28). The van der Waals surface area contributed by atoms with Crippen LogP contribution in [0.15, 0.2) is 30.5 Å². The Balaban J connectivity index is 1.44. The molecule has 1 atom stereocenters. The molecule has 8 nitrogen and oxygen atoms in total. The van der Waals surface area contributed by atoms with Crippen LogP contribution in [0, 0.1) is 12.8 Å². The normalized spacial score (nSPS) is 18.8. The molecule has 3 heterocycles. The summed E-state index contributed by atoms with van der Waals surface area (Å²) < 4.78 is 5.45. The Labute approximate surface area is 196 Å². The SMILES string of the molecule is CCN(CC)C(=O)C1CCCN(c2ncc(C)c(Nc3ccc(N4CCOCC4)cc3)n2)C1. The Kier molecular flexibility index (Phi) is 7.65. The van der Waals surface area contributed by atoms with Crippen LogP contribution in [-0.2, 0) is 9.53 Å².